The number of ether oxygens (including phenoxy) is 1. The molecule has 0 radical (unpaired) electrons. The second kappa shape index (κ2) is 13.0. The summed E-state index contributed by atoms with van der Waals surface area (Å²) in [7, 11) is 0. The Hall–Kier alpha value is -4.79. The molecule has 0 amide bonds. The van der Waals surface area contributed by atoms with Crippen LogP contribution in [0.4, 0.5) is 27.6 Å². The second-order valence-electron chi connectivity index (χ2n) is 8.96. The zero-order chi connectivity index (χ0) is 31.2. The summed E-state index contributed by atoms with van der Waals surface area (Å²) in [5.74, 6) is -1.53. The molecule has 0 fully saturated rings. The van der Waals surface area contributed by atoms with Gasteiger partial charge in [0, 0.05) is 5.56 Å². The molecule has 0 saturated carbocycles. The van der Waals surface area contributed by atoms with Gasteiger partial charge in [-0.15, -0.1) is 5.10 Å². The molecule has 1 aromatic heterocycles. The van der Waals surface area contributed by atoms with Crippen LogP contribution in [0.25, 0.3) is 17.1 Å². The number of halogens is 5. The van der Waals surface area contributed by atoms with E-state index in [-0.39, 0.29) is 5.75 Å². The summed E-state index contributed by atoms with van der Waals surface area (Å²) in [5.41, 5.74) is 7.10. The molecule has 0 atom stereocenters. The summed E-state index contributed by atoms with van der Waals surface area (Å²) in [6, 6.07) is 17.2. The molecule has 43 heavy (non-hydrogen) atoms. The first-order chi connectivity index (χ1) is 20.3. The lowest BCUT2D eigenvalue weighted by Gasteiger charge is -2.20. The fraction of sp³-hybridized carbons (Fsp3) is 0.179. The van der Waals surface area contributed by atoms with Gasteiger partial charge in [0.15, 0.2) is 11.0 Å². The number of aryl methyl sites for hydroxylation is 2. The third-order valence-electron chi connectivity index (χ3n) is 5.70. The first-order valence-electron chi connectivity index (χ1n) is 12.4. The quantitative estimate of drug-likeness (QED) is 0.0951. The van der Waals surface area contributed by atoms with Crippen molar-refractivity contribution in [2.45, 2.75) is 26.1 Å². The molecule has 0 saturated heterocycles. The number of thioether (sulfide) groups is 1. The van der Waals surface area contributed by atoms with E-state index in [4.69, 9.17) is 5.11 Å². The van der Waals surface area contributed by atoms with Crippen LogP contribution in [0.3, 0.4) is 0 Å². The Bertz CT molecular complexity index is 1620. The Morgan fingerprint density at radius 1 is 1.02 bits per heavy atom. The molecule has 0 bridgehead atoms. The number of aromatic nitrogens is 3. The van der Waals surface area contributed by atoms with Gasteiger partial charge in [-0.2, -0.15) is 27.1 Å². The van der Waals surface area contributed by atoms with Gasteiger partial charge in [0.25, 0.3) is 0 Å². The lowest BCUT2D eigenvalue weighted by Crippen LogP contribution is -2.41. The zero-order valence-corrected chi connectivity index (χ0v) is 23.3. The number of hydrazone groups is 1. The van der Waals surface area contributed by atoms with Crippen LogP contribution in [0.5, 0.6) is 5.75 Å². The van der Waals surface area contributed by atoms with Crippen molar-refractivity contribution in [3.8, 4) is 22.8 Å². The average Bonchev–Trinajstić information content (AvgIpc) is 3.44. The number of nitrogens with zero attached hydrogens (tertiary/aromatic N) is 5. The number of carbonyl (C=O) groups is 1. The molecule has 9 nitrogen and oxygen atoms in total. The molecule has 2 N–H and O–H groups in total. The third kappa shape index (κ3) is 8.16. The number of amidine groups is 1. The highest BCUT2D eigenvalue weighted by Gasteiger charge is 2.61. The maximum atomic E-state index is 13.1. The van der Waals surface area contributed by atoms with E-state index in [1.165, 1.54) is 29.4 Å². The van der Waals surface area contributed by atoms with E-state index < -0.39 is 24.0 Å². The number of benzene rings is 3. The van der Waals surface area contributed by atoms with E-state index in [1.54, 1.807) is 24.3 Å². The first kappa shape index (κ1) is 31.2. The lowest BCUT2D eigenvalue weighted by molar-refractivity contribution is -0.360. The standard InChI is InChI=1S/C28H23F5N6O3S/c1-17-4-3-5-18(2)24(17)36-26(43-15-23(40)41)37-35-14-19-6-8-20(9-7-19)25-34-16-39(38-25)21-10-12-22(13-11-21)42-28(32,33)27(29,30)31/h3-14,16H,15H2,1-2H3,(H,36,37)(H,40,41)/b35-14-. The third-order valence-corrected chi connectivity index (χ3v) is 6.54. The minimum absolute atomic E-state index is 0.202. The summed E-state index contributed by atoms with van der Waals surface area (Å²) in [6.07, 6.45) is -8.27. The van der Waals surface area contributed by atoms with Crippen molar-refractivity contribution in [3.63, 3.8) is 0 Å². The van der Waals surface area contributed by atoms with Gasteiger partial charge in [0.2, 0.25) is 0 Å². The molecule has 3 aromatic carbocycles. The number of alkyl halides is 5. The fourth-order valence-electron chi connectivity index (χ4n) is 3.58. The molecule has 0 spiro atoms. The van der Waals surface area contributed by atoms with E-state index in [0.29, 0.717) is 27.8 Å². The van der Waals surface area contributed by atoms with Crippen molar-refractivity contribution in [1.29, 1.82) is 0 Å². The van der Waals surface area contributed by atoms with Gasteiger partial charge >= 0.3 is 18.3 Å². The van der Waals surface area contributed by atoms with Gasteiger partial charge in [-0.25, -0.2) is 14.7 Å². The van der Waals surface area contributed by atoms with Crippen molar-refractivity contribution < 1.29 is 36.6 Å². The summed E-state index contributed by atoms with van der Waals surface area (Å²) in [5, 5.41) is 17.9. The molecular weight excluding hydrogens is 595 g/mol. The van der Waals surface area contributed by atoms with E-state index in [9.17, 15) is 26.7 Å². The molecule has 0 aliphatic heterocycles. The zero-order valence-electron chi connectivity index (χ0n) is 22.5. The van der Waals surface area contributed by atoms with Gasteiger partial charge in [-0.1, -0.05) is 54.2 Å². The van der Waals surface area contributed by atoms with Crippen LogP contribution >= 0.6 is 11.8 Å². The highest BCUT2D eigenvalue weighted by atomic mass is 32.2. The number of para-hydroxylation sites is 1. The van der Waals surface area contributed by atoms with Crippen LogP contribution in [-0.4, -0.2) is 55.3 Å². The van der Waals surface area contributed by atoms with Gasteiger partial charge in [0.1, 0.15) is 12.1 Å². The number of aliphatic imine (C=N–C) groups is 1. The SMILES string of the molecule is Cc1cccc(C)c1N=C(N/N=C\c1ccc(-c2ncn(-c3ccc(OC(F)(F)C(F)(F)F)cc3)n2)cc1)SCC(=O)O. The van der Waals surface area contributed by atoms with Crippen molar-refractivity contribution in [1.82, 2.24) is 20.2 Å². The molecular formula is C28H23F5N6O3S. The fourth-order valence-corrected chi connectivity index (χ4v) is 4.11. The molecule has 224 valence electrons. The summed E-state index contributed by atoms with van der Waals surface area (Å²) >= 11 is 1.00. The van der Waals surface area contributed by atoms with Crippen LogP contribution in [0.1, 0.15) is 16.7 Å². The maximum absolute atomic E-state index is 13.1. The van der Waals surface area contributed by atoms with Crippen molar-refractivity contribution in [2.75, 3.05) is 5.75 Å². The normalized spacial score (nSPS) is 12.5. The second-order valence-corrected chi connectivity index (χ2v) is 9.92. The van der Waals surface area contributed by atoms with Crippen LogP contribution in [-0.2, 0) is 4.79 Å². The van der Waals surface area contributed by atoms with Gasteiger partial charge in [-0.3, -0.25) is 10.2 Å². The molecule has 1 heterocycles. The van der Waals surface area contributed by atoms with Gasteiger partial charge in [-0.05, 0) is 54.8 Å². The van der Waals surface area contributed by atoms with Crippen LogP contribution in [0.2, 0.25) is 0 Å². The van der Waals surface area contributed by atoms with Gasteiger partial charge < -0.3 is 9.84 Å². The number of nitrogens with one attached hydrogen (secondary N) is 1. The topological polar surface area (TPSA) is 114 Å². The predicted octanol–water partition coefficient (Wildman–Crippen LogP) is 6.51. The number of hydrogen-bond acceptors (Lipinski definition) is 7. The number of rotatable bonds is 9. The molecule has 0 unspecified atom stereocenters. The molecule has 0 aliphatic rings. The minimum Gasteiger partial charge on any atom is -0.481 e. The summed E-state index contributed by atoms with van der Waals surface area (Å²) in [6.45, 7) is 3.82. The number of carboxylic acids is 1. The monoisotopic (exact) mass is 618 g/mol. The van der Waals surface area contributed by atoms with Crippen molar-refractivity contribution in [2.24, 2.45) is 10.1 Å². The highest BCUT2D eigenvalue weighted by Crippen LogP contribution is 2.37. The molecule has 15 heteroatoms. The molecule has 4 aromatic rings. The smallest absolute Gasteiger partial charge is 0.481 e. The Balaban J connectivity index is 1.42. The molecule has 0 aliphatic carbocycles. The summed E-state index contributed by atoms with van der Waals surface area (Å²) in [4.78, 5) is 19.9. The average molecular weight is 619 g/mol. The van der Waals surface area contributed by atoms with E-state index in [2.05, 4.69) is 30.3 Å². The lowest BCUT2D eigenvalue weighted by atomic mass is 10.1. The number of aliphatic carboxylic acids is 1. The van der Waals surface area contributed by atoms with Crippen molar-refractivity contribution >= 4 is 34.8 Å². The Morgan fingerprint density at radius 2 is 1.67 bits per heavy atom. The van der Waals surface area contributed by atoms with Crippen LogP contribution in [0, 0.1) is 13.8 Å². The van der Waals surface area contributed by atoms with E-state index in [0.717, 1.165) is 40.7 Å². The predicted molar refractivity (Wildman–Crippen MR) is 152 cm³/mol. The molecule has 4 rings (SSSR count). The Labute approximate surface area is 246 Å². The number of carboxylic acid groups (broad SMARTS) is 1. The van der Waals surface area contributed by atoms with E-state index in [1.807, 2.05) is 32.0 Å². The van der Waals surface area contributed by atoms with Crippen LogP contribution in [0.15, 0.2) is 83.2 Å². The van der Waals surface area contributed by atoms with Crippen LogP contribution < -0.4 is 10.2 Å². The summed E-state index contributed by atoms with van der Waals surface area (Å²) < 4.78 is 68.4. The maximum Gasteiger partial charge on any atom is 0.499 e. The van der Waals surface area contributed by atoms with E-state index >= 15 is 0 Å². The highest BCUT2D eigenvalue weighted by molar-refractivity contribution is 8.14. The van der Waals surface area contributed by atoms with Gasteiger partial charge in [0.05, 0.1) is 23.3 Å². The Morgan fingerprint density at radius 3 is 2.28 bits per heavy atom. The first-order valence-corrected chi connectivity index (χ1v) is 13.4. The van der Waals surface area contributed by atoms with Crippen molar-refractivity contribution in [3.05, 3.63) is 89.7 Å². The minimum atomic E-state index is -5.84. The largest absolute Gasteiger partial charge is 0.499 e. The Kier molecular flexibility index (Phi) is 9.43. The number of hydrogen-bond donors (Lipinski definition) is 2.